The molecule has 0 spiro atoms. The molecule has 0 bridgehead atoms. The number of pyridine rings is 1. The van der Waals surface area contributed by atoms with Crippen molar-refractivity contribution in [2.45, 2.75) is 20.4 Å². The summed E-state index contributed by atoms with van der Waals surface area (Å²) in [7, 11) is 0. The third-order valence-electron chi connectivity index (χ3n) is 6.19. The lowest BCUT2D eigenvalue weighted by Gasteiger charge is -2.14. The monoisotopic (exact) mass is 516 g/mol. The van der Waals surface area contributed by atoms with Crippen molar-refractivity contribution in [2.75, 3.05) is 0 Å². The quantitative estimate of drug-likeness (QED) is 0.176. The van der Waals surface area contributed by atoms with Crippen molar-refractivity contribution in [3.63, 3.8) is 0 Å². The number of amides is 1. The van der Waals surface area contributed by atoms with Gasteiger partial charge in [-0.05, 0) is 62.4 Å². The Bertz CT molecular complexity index is 1670. The SMILES string of the molecule is Cc1cc(/C=N/NC(=O)Cn2c3ccccc3c(=O)c3ccccc32)c(C)n1-c1ccc(Cl)cc1Cl. The van der Waals surface area contributed by atoms with Gasteiger partial charge < -0.3 is 9.13 Å². The molecule has 2 aromatic heterocycles. The molecule has 0 atom stereocenters. The number of para-hydroxylation sites is 2. The summed E-state index contributed by atoms with van der Waals surface area (Å²) in [5, 5.41) is 6.45. The van der Waals surface area contributed by atoms with Gasteiger partial charge in [-0.15, -0.1) is 0 Å². The fourth-order valence-electron chi connectivity index (χ4n) is 4.55. The highest BCUT2D eigenvalue weighted by atomic mass is 35.5. The zero-order valence-corrected chi connectivity index (χ0v) is 21.1. The van der Waals surface area contributed by atoms with Gasteiger partial charge in [0.15, 0.2) is 5.43 Å². The van der Waals surface area contributed by atoms with Gasteiger partial charge in [-0.1, -0.05) is 47.5 Å². The lowest BCUT2D eigenvalue weighted by atomic mass is 10.1. The first kappa shape index (κ1) is 23.9. The van der Waals surface area contributed by atoms with E-state index in [2.05, 4.69) is 10.5 Å². The topological polar surface area (TPSA) is 68.4 Å². The summed E-state index contributed by atoms with van der Waals surface area (Å²) in [6.07, 6.45) is 1.61. The maximum atomic E-state index is 12.9. The number of fused-ring (bicyclic) bond motifs is 2. The normalized spacial score (nSPS) is 11.6. The van der Waals surface area contributed by atoms with Crippen molar-refractivity contribution < 1.29 is 4.79 Å². The highest BCUT2D eigenvalue weighted by Gasteiger charge is 2.14. The Morgan fingerprint density at radius 2 is 1.58 bits per heavy atom. The molecule has 1 amide bonds. The Hall–Kier alpha value is -3.87. The third-order valence-corrected chi connectivity index (χ3v) is 6.73. The smallest absolute Gasteiger partial charge is 0.260 e. The van der Waals surface area contributed by atoms with Gasteiger partial charge in [0.05, 0.1) is 28.0 Å². The second-order valence-electron chi connectivity index (χ2n) is 8.50. The Morgan fingerprint density at radius 3 is 2.22 bits per heavy atom. The summed E-state index contributed by atoms with van der Waals surface area (Å²) in [6, 6.07) is 21.9. The number of benzene rings is 3. The number of hydrogen-bond acceptors (Lipinski definition) is 3. The van der Waals surface area contributed by atoms with Gasteiger partial charge in [-0.25, -0.2) is 5.43 Å². The first-order chi connectivity index (χ1) is 17.3. The minimum absolute atomic E-state index is 0.0120. The van der Waals surface area contributed by atoms with Crippen LogP contribution in [0, 0.1) is 13.8 Å². The average Bonchev–Trinajstić information content (AvgIpc) is 3.14. The van der Waals surface area contributed by atoms with E-state index in [4.69, 9.17) is 23.2 Å². The zero-order chi connectivity index (χ0) is 25.4. The van der Waals surface area contributed by atoms with Crippen LogP contribution in [0.1, 0.15) is 17.0 Å². The minimum Gasteiger partial charge on any atom is -0.331 e. The van der Waals surface area contributed by atoms with Crippen molar-refractivity contribution in [1.29, 1.82) is 0 Å². The van der Waals surface area contributed by atoms with Crippen LogP contribution < -0.4 is 10.9 Å². The Morgan fingerprint density at radius 1 is 0.944 bits per heavy atom. The molecular weight excluding hydrogens is 495 g/mol. The molecule has 1 N–H and O–H groups in total. The van der Waals surface area contributed by atoms with E-state index >= 15 is 0 Å². The molecule has 5 rings (SSSR count). The summed E-state index contributed by atoms with van der Waals surface area (Å²) in [5.41, 5.74) is 7.52. The van der Waals surface area contributed by atoms with E-state index in [9.17, 15) is 9.59 Å². The number of carbonyl (C=O) groups is 1. The molecule has 8 heteroatoms. The van der Waals surface area contributed by atoms with E-state index in [1.165, 1.54) is 0 Å². The Balaban J connectivity index is 1.41. The van der Waals surface area contributed by atoms with E-state index in [0.717, 1.165) is 22.6 Å². The van der Waals surface area contributed by atoms with Gasteiger partial charge in [-0.2, -0.15) is 5.10 Å². The van der Waals surface area contributed by atoms with E-state index in [-0.39, 0.29) is 17.9 Å². The van der Waals surface area contributed by atoms with E-state index < -0.39 is 0 Å². The summed E-state index contributed by atoms with van der Waals surface area (Å²) < 4.78 is 3.85. The van der Waals surface area contributed by atoms with E-state index in [1.807, 2.05) is 71.5 Å². The van der Waals surface area contributed by atoms with Gasteiger partial charge in [0.1, 0.15) is 6.54 Å². The zero-order valence-electron chi connectivity index (χ0n) is 19.6. The highest BCUT2D eigenvalue weighted by molar-refractivity contribution is 6.35. The summed E-state index contributed by atoms with van der Waals surface area (Å²) >= 11 is 12.5. The molecule has 36 heavy (non-hydrogen) atoms. The lowest BCUT2D eigenvalue weighted by molar-refractivity contribution is -0.121. The number of aryl methyl sites for hydroxylation is 1. The number of carbonyl (C=O) groups excluding carboxylic acids is 1. The average molecular weight is 517 g/mol. The second kappa shape index (κ2) is 9.64. The van der Waals surface area contributed by atoms with Crippen molar-refractivity contribution in [3.05, 3.63) is 110 Å². The fraction of sp³-hybridized carbons (Fsp3) is 0.107. The first-order valence-corrected chi connectivity index (χ1v) is 12.1. The molecule has 0 saturated carbocycles. The van der Waals surface area contributed by atoms with E-state index in [0.29, 0.717) is 31.9 Å². The van der Waals surface area contributed by atoms with E-state index in [1.54, 1.807) is 30.5 Å². The maximum Gasteiger partial charge on any atom is 0.260 e. The molecule has 180 valence electrons. The standard InChI is InChI=1S/C28H22Cl2N4O2/c1-17-13-19(18(2)34(17)26-12-11-20(29)14-23(26)30)15-31-32-27(35)16-33-24-9-5-3-7-21(24)28(36)22-8-4-6-10-25(22)33/h3-15H,16H2,1-2H3,(H,32,35)/b31-15+. The van der Waals surface area contributed by atoms with Crippen LogP contribution in [0.25, 0.3) is 27.5 Å². The fourth-order valence-corrected chi connectivity index (χ4v) is 5.04. The summed E-state index contributed by atoms with van der Waals surface area (Å²) in [6.45, 7) is 3.94. The number of nitrogens with zero attached hydrogens (tertiary/aromatic N) is 3. The Kier molecular flexibility index (Phi) is 6.39. The summed E-state index contributed by atoms with van der Waals surface area (Å²) in [5.74, 6) is -0.306. The number of nitrogens with one attached hydrogen (secondary N) is 1. The molecular formula is C28H22Cl2N4O2. The van der Waals surface area contributed by atoms with Crippen LogP contribution >= 0.6 is 23.2 Å². The molecule has 6 nitrogen and oxygen atoms in total. The van der Waals surface area contributed by atoms with Crippen molar-refractivity contribution in [1.82, 2.24) is 14.6 Å². The third kappa shape index (κ3) is 4.30. The van der Waals surface area contributed by atoms with Crippen LogP contribution in [-0.4, -0.2) is 21.3 Å². The molecule has 0 fully saturated rings. The maximum absolute atomic E-state index is 12.9. The number of rotatable bonds is 5. The van der Waals surface area contributed by atoms with Gasteiger partial charge in [-0.3, -0.25) is 9.59 Å². The van der Waals surface area contributed by atoms with Gasteiger partial charge in [0.2, 0.25) is 0 Å². The molecule has 0 radical (unpaired) electrons. The van der Waals surface area contributed by atoms with Crippen molar-refractivity contribution in [2.24, 2.45) is 5.10 Å². The van der Waals surface area contributed by atoms with Gasteiger partial charge in [0.25, 0.3) is 5.91 Å². The van der Waals surface area contributed by atoms with Crippen LogP contribution in [0.2, 0.25) is 10.0 Å². The molecule has 0 aliphatic rings. The second-order valence-corrected chi connectivity index (χ2v) is 9.34. The predicted octanol–water partition coefficient (Wildman–Crippen LogP) is 6.02. The van der Waals surface area contributed by atoms with Crippen LogP contribution in [0.4, 0.5) is 0 Å². The molecule has 3 aromatic carbocycles. The molecule has 2 heterocycles. The molecule has 0 aliphatic carbocycles. The lowest BCUT2D eigenvalue weighted by Crippen LogP contribution is -2.25. The predicted molar refractivity (Wildman–Crippen MR) is 147 cm³/mol. The minimum atomic E-state index is -0.306. The number of aromatic nitrogens is 2. The molecule has 5 aromatic rings. The molecule has 0 unspecified atom stereocenters. The van der Waals surface area contributed by atoms with Crippen molar-refractivity contribution >= 4 is 57.1 Å². The van der Waals surface area contributed by atoms with Crippen molar-refractivity contribution in [3.8, 4) is 5.69 Å². The van der Waals surface area contributed by atoms with Gasteiger partial charge in [0, 0.05) is 32.7 Å². The number of hydrogen-bond donors (Lipinski definition) is 1. The first-order valence-electron chi connectivity index (χ1n) is 11.3. The number of halogens is 2. The van der Waals surface area contributed by atoms with Gasteiger partial charge >= 0.3 is 0 Å². The molecule has 0 aliphatic heterocycles. The summed E-state index contributed by atoms with van der Waals surface area (Å²) in [4.78, 5) is 25.8. The largest absolute Gasteiger partial charge is 0.331 e. The Labute approximate surface area is 217 Å². The highest BCUT2D eigenvalue weighted by Crippen LogP contribution is 2.28. The molecule has 0 saturated heterocycles. The van der Waals surface area contributed by atoms with Crippen LogP contribution in [0.15, 0.2) is 82.7 Å². The van der Waals surface area contributed by atoms with Crippen LogP contribution in [0.5, 0.6) is 0 Å². The van der Waals surface area contributed by atoms with Crippen LogP contribution in [-0.2, 0) is 11.3 Å². The van der Waals surface area contributed by atoms with Crippen LogP contribution in [0.3, 0.4) is 0 Å². The number of hydrazone groups is 1.